The minimum Gasteiger partial charge on any atom is -0.304 e. The van der Waals surface area contributed by atoms with Crippen LogP contribution >= 0.6 is 12.2 Å². The third-order valence-electron chi connectivity index (χ3n) is 4.61. The highest BCUT2D eigenvalue weighted by Gasteiger charge is 2.39. The summed E-state index contributed by atoms with van der Waals surface area (Å²) in [6, 6.07) is 0. The molecule has 1 N–H and O–H groups in total. The van der Waals surface area contributed by atoms with Gasteiger partial charge in [-0.05, 0) is 55.7 Å². The fraction of sp³-hybridized carbons (Fsp3) is 0.846. The van der Waals surface area contributed by atoms with Crippen LogP contribution in [0.15, 0.2) is 0 Å². The lowest BCUT2D eigenvalue weighted by Crippen LogP contribution is -2.16. The van der Waals surface area contributed by atoms with Gasteiger partial charge in [-0.2, -0.15) is 5.10 Å². The van der Waals surface area contributed by atoms with Gasteiger partial charge in [-0.3, -0.25) is 5.10 Å². The van der Waals surface area contributed by atoms with Crippen molar-refractivity contribution in [2.24, 2.45) is 17.8 Å². The van der Waals surface area contributed by atoms with Crippen molar-refractivity contribution in [2.45, 2.75) is 52.0 Å². The molecule has 2 aliphatic carbocycles. The van der Waals surface area contributed by atoms with Gasteiger partial charge in [0.05, 0.1) is 0 Å². The first-order valence-electron chi connectivity index (χ1n) is 6.92. The number of fused-ring (bicyclic) bond motifs is 2. The average Bonchev–Trinajstić information content (AvgIpc) is 3.00. The molecule has 4 heteroatoms. The van der Waals surface area contributed by atoms with Crippen LogP contribution in [0.3, 0.4) is 0 Å². The fourth-order valence-electron chi connectivity index (χ4n) is 3.82. The smallest absolute Gasteiger partial charge is 0.195 e. The first-order chi connectivity index (χ1) is 8.28. The van der Waals surface area contributed by atoms with E-state index in [2.05, 4.69) is 21.7 Å². The summed E-state index contributed by atoms with van der Waals surface area (Å²) in [4.78, 5) is 0. The predicted molar refractivity (Wildman–Crippen MR) is 70.3 cm³/mol. The zero-order valence-electron chi connectivity index (χ0n) is 10.5. The van der Waals surface area contributed by atoms with Crippen LogP contribution in [0, 0.1) is 22.5 Å². The van der Waals surface area contributed by atoms with Gasteiger partial charge in [-0.25, -0.2) is 0 Å². The number of H-pyrrole nitrogens is 1. The molecule has 0 spiro atoms. The normalized spacial score (nSPS) is 31.2. The molecule has 0 aromatic carbocycles. The number of nitrogens with zero attached hydrogens (tertiary/aromatic N) is 2. The summed E-state index contributed by atoms with van der Waals surface area (Å²) in [5.41, 5.74) is 0. The molecule has 3 atom stereocenters. The Kier molecular flexibility index (Phi) is 3.07. The summed E-state index contributed by atoms with van der Waals surface area (Å²) in [6.45, 7) is 3.20. The van der Waals surface area contributed by atoms with Crippen LogP contribution in [0.1, 0.15) is 44.9 Å². The van der Waals surface area contributed by atoms with Crippen LogP contribution < -0.4 is 0 Å². The Morgan fingerprint density at radius 2 is 2.29 bits per heavy atom. The second-order valence-corrected chi connectivity index (χ2v) is 6.12. The molecule has 2 fully saturated rings. The zero-order chi connectivity index (χ0) is 11.8. The number of aromatic amines is 1. The molecule has 17 heavy (non-hydrogen) atoms. The number of hydrogen-bond acceptors (Lipinski definition) is 2. The first kappa shape index (κ1) is 11.5. The maximum atomic E-state index is 5.29. The Morgan fingerprint density at radius 3 is 2.94 bits per heavy atom. The Morgan fingerprint density at radius 1 is 1.41 bits per heavy atom. The van der Waals surface area contributed by atoms with Crippen LogP contribution in [-0.2, 0) is 13.0 Å². The van der Waals surface area contributed by atoms with Crippen molar-refractivity contribution >= 4 is 12.2 Å². The molecular formula is C13H21N3S. The molecule has 3 rings (SSSR count). The number of hydrogen-bond donors (Lipinski definition) is 1. The lowest BCUT2D eigenvalue weighted by molar-refractivity contribution is 0.322. The van der Waals surface area contributed by atoms with Crippen molar-refractivity contribution in [1.82, 2.24) is 14.8 Å². The van der Waals surface area contributed by atoms with E-state index in [0.29, 0.717) is 0 Å². The Bertz CT molecular complexity index is 448. The van der Waals surface area contributed by atoms with Crippen molar-refractivity contribution in [2.75, 3.05) is 0 Å². The van der Waals surface area contributed by atoms with Crippen molar-refractivity contribution in [1.29, 1.82) is 0 Å². The average molecular weight is 251 g/mol. The van der Waals surface area contributed by atoms with E-state index in [1.807, 2.05) is 0 Å². The predicted octanol–water partition coefficient (Wildman–Crippen LogP) is 3.33. The molecule has 1 heterocycles. The maximum absolute atomic E-state index is 5.29. The van der Waals surface area contributed by atoms with Gasteiger partial charge in [0.25, 0.3) is 0 Å². The topological polar surface area (TPSA) is 33.6 Å². The monoisotopic (exact) mass is 251 g/mol. The van der Waals surface area contributed by atoms with Crippen LogP contribution in [0.4, 0.5) is 0 Å². The molecule has 2 aliphatic rings. The summed E-state index contributed by atoms with van der Waals surface area (Å²) in [5, 5.41) is 7.38. The van der Waals surface area contributed by atoms with E-state index in [1.165, 1.54) is 31.5 Å². The molecule has 3 nitrogen and oxygen atoms in total. The molecule has 0 radical (unpaired) electrons. The van der Waals surface area contributed by atoms with Gasteiger partial charge in [0, 0.05) is 13.0 Å². The largest absolute Gasteiger partial charge is 0.304 e. The highest BCUT2D eigenvalue weighted by atomic mass is 32.1. The third kappa shape index (κ3) is 2.07. The first-order valence-corrected chi connectivity index (χ1v) is 7.32. The summed E-state index contributed by atoms with van der Waals surface area (Å²) in [5.74, 6) is 4.05. The van der Waals surface area contributed by atoms with Gasteiger partial charge < -0.3 is 4.57 Å². The van der Waals surface area contributed by atoms with E-state index in [1.54, 1.807) is 0 Å². The molecule has 1 aromatic rings. The number of aromatic nitrogens is 3. The third-order valence-corrected chi connectivity index (χ3v) is 4.93. The highest BCUT2D eigenvalue weighted by molar-refractivity contribution is 7.71. The summed E-state index contributed by atoms with van der Waals surface area (Å²) < 4.78 is 2.99. The van der Waals surface area contributed by atoms with Crippen molar-refractivity contribution in [3.05, 3.63) is 10.6 Å². The van der Waals surface area contributed by atoms with Gasteiger partial charge in [-0.15, -0.1) is 0 Å². The number of nitrogens with one attached hydrogen (secondary N) is 1. The maximum Gasteiger partial charge on any atom is 0.195 e. The molecular weight excluding hydrogens is 230 g/mol. The molecule has 0 aliphatic heterocycles. The quantitative estimate of drug-likeness (QED) is 0.833. The van der Waals surface area contributed by atoms with Crippen LogP contribution in [0.5, 0.6) is 0 Å². The lowest BCUT2D eigenvalue weighted by atomic mass is 9.86. The van der Waals surface area contributed by atoms with E-state index in [4.69, 9.17) is 12.2 Å². The van der Waals surface area contributed by atoms with Gasteiger partial charge >= 0.3 is 0 Å². The van der Waals surface area contributed by atoms with Gasteiger partial charge in [0.15, 0.2) is 4.77 Å². The molecule has 0 saturated heterocycles. The lowest BCUT2D eigenvalue weighted by Gasteiger charge is -2.21. The summed E-state index contributed by atoms with van der Waals surface area (Å²) in [6.07, 6.45) is 8.09. The van der Waals surface area contributed by atoms with Crippen LogP contribution in [0.2, 0.25) is 0 Å². The van der Waals surface area contributed by atoms with E-state index in [-0.39, 0.29) is 0 Å². The molecule has 0 amide bonds. The highest BCUT2D eigenvalue weighted by Crippen LogP contribution is 2.49. The Balaban J connectivity index is 1.74. The molecule has 2 bridgehead atoms. The van der Waals surface area contributed by atoms with E-state index in [0.717, 1.165) is 41.9 Å². The van der Waals surface area contributed by atoms with E-state index >= 15 is 0 Å². The van der Waals surface area contributed by atoms with Gasteiger partial charge in [0.1, 0.15) is 5.82 Å². The molecule has 3 unspecified atom stereocenters. The van der Waals surface area contributed by atoms with E-state index in [9.17, 15) is 0 Å². The minimum absolute atomic E-state index is 0.796. The Hall–Kier alpha value is -0.640. The second-order valence-electron chi connectivity index (χ2n) is 5.74. The second kappa shape index (κ2) is 4.56. The SMILES string of the molecule is CCCn1c(CC2CC3CCC2C3)n[nH]c1=S. The molecule has 1 aromatic heterocycles. The van der Waals surface area contributed by atoms with Crippen molar-refractivity contribution in [3.63, 3.8) is 0 Å². The fourth-order valence-corrected chi connectivity index (χ4v) is 4.06. The van der Waals surface area contributed by atoms with Gasteiger partial charge in [0.2, 0.25) is 0 Å². The number of rotatable bonds is 4. The zero-order valence-corrected chi connectivity index (χ0v) is 11.3. The molecule has 94 valence electrons. The van der Waals surface area contributed by atoms with Crippen LogP contribution in [-0.4, -0.2) is 14.8 Å². The Labute approximate surface area is 108 Å². The van der Waals surface area contributed by atoms with Crippen molar-refractivity contribution in [3.8, 4) is 0 Å². The standard InChI is InChI=1S/C13H21N3S/c1-2-5-16-12(14-15-13(16)17)8-11-7-9-3-4-10(11)6-9/h9-11H,2-8H2,1H3,(H,15,17). The van der Waals surface area contributed by atoms with Crippen LogP contribution in [0.25, 0.3) is 0 Å². The van der Waals surface area contributed by atoms with Crippen molar-refractivity contribution < 1.29 is 0 Å². The minimum atomic E-state index is 0.796. The summed E-state index contributed by atoms with van der Waals surface area (Å²) >= 11 is 5.29. The summed E-state index contributed by atoms with van der Waals surface area (Å²) in [7, 11) is 0. The van der Waals surface area contributed by atoms with Gasteiger partial charge in [-0.1, -0.05) is 13.3 Å². The molecule has 2 saturated carbocycles. The van der Waals surface area contributed by atoms with E-state index < -0.39 is 0 Å².